The largest absolute Gasteiger partial charge is 0.326 e. The molecule has 1 fully saturated rings. The van der Waals surface area contributed by atoms with Gasteiger partial charge in [-0.25, -0.2) is 8.42 Å². The van der Waals surface area contributed by atoms with Crippen LogP contribution in [0.1, 0.15) is 12.5 Å². The third-order valence-electron chi connectivity index (χ3n) is 3.76. The van der Waals surface area contributed by atoms with Crippen molar-refractivity contribution in [1.82, 2.24) is 4.90 Å². The summed E-state index contributed by atoms with van der Waals surface area (Å²) in [5.41, 5.74) is 6.39. The summed E-state index contributed by atoms with van der Waals surface area (Å²) in [5.74, 6) is 0.492. The van der Waals surface area contributed by atoms with Crippen molar-refractivity contribution in [2.24, 2.45) is 11.7 Å². The average Bonchev–Trinajstić information content (AvgIpc) is 2.76. The zero-order valence-corrected chi connectivity index (χ0v) is 12.3. The van der Waals surface area contributed by atoms with Crippen LogP contribution in [0.4, 0.5) is 0 Å². The summed E-state index contributed by atoms with van der Waals surface area (Å²) < 4.78 is 24.4. The molecule has 1 aromatic carbocycles. The molecule has 1 aliphatic heterocycles. The minimum absolute atomic E-state index is 0.0817. The second kappa shape index (κ2) is 5.92. The van der Waals surface area contributed by atoms with E-state index >= 15 is 0 Å². The minimum Gasteiger partial charge on any atom is -0.326 e. The zero-order chi connectivity index (χ0) is 14.8. The van der Waals surface area contributed by atoms with E-state index in [2.05, 4.69) is 11.8 Å². The Kier molecular flexibility index (Phi) is 4.43. The summed E-state index contributed by atoms with van der Waals surface area (Å²) in [6.07, 6.45) is 0. The van der Waals surface area contributed by atoms with E-state index in [9.17, 15) is 8.42 Å². The van der Waals surface area contributed by atoms with E-state index in [1.807, 2.05) is 6.07 Å². The van der Waals surface area contributed by atoms with Gasteiger partial charge in [-0.2, -0.15) is 5.26 Å². The first-order valence-electron chi connectivity index (χ1n) is 6.63. The van der Waals surface area contributed by atoms with Gasteiger partial charge in [0.25, 0.3) is 0 Å². The number of sulfone groups is 1. The normalized spacial score (nSPS) is 23.6. The number of nitrogens with two attached hydrogens (primary N) is 1. The molecule has 2 N–H and O–H groups in total. The molecule has 0 radical (unpaired) electrons. The Morgan fingerprint density at radius 2 is 2.00 bits per heavy atom. The molecular weight excluding hydrogens is 274 g/mol. The highest BCUT2D eigenvalue weighted by Crippen LogP contribution is 2.16. The first-order valence-corrected chi connectivity index (χ1v) is 8.28. The Bertz CT molecular complexity index is 594. The maximum absolute atomic E-state index is 12.2. The maximum atomic E-state index is 12.2. The van der Waals surface area contributed by atoms with E-state index in [1.54, 1.807) is 0 Å². The molecule has 0 saturated carbocycles. The monoisotopic (exact) mass is 293 g/mol. The fourth-order valence-corrected chi connectivity index (χ4v) is 3.67. The smallest absolute Gasteiger partial charge is 0.179 e. The van der Waals surface area contributed by atoms with Crippen molar-refractivity contribution >= 4 is 9.84 Å². The highest BCUT2D eigenvalue weighted by molar-refractivity contribution is 7.91. The van der Waals surface area contributed by atoms with Crippen molar-refractivity contribution in [3.63, 3.8) is 0 Å². The van der Waals surface area contributed by atoms with Gasteiger partial charge in [0.05, 0.1) is 22.3 Å². The van der Waals surface area contributed by atoms with Crippen molar-refractivity contribution in [3.8, 4) is 6.07 Å². The molecule has 0 amide bonds. The van der Waals surface area contributed by atoms with Crippen molar-refractivity contribution in [1.29, 1.82) is 5.26 Å². The van der Waals surface area contributed by atoms with E-state index in [4.69, 9.17) is 11.0 Å². The van der Waals surface area contributed by atoms with Crippen molar-refractivity contribution in [3.05, 3.63) is 29.8 Å². The molecule has 20 heavy (non-hydrogen) atoms. The Balaban J connectivity index is 1.99. The van der Waals surface area contributed by atoms with E-state index in [-0.39, 0.29) is 16.7 Å². The zero-order valence-electron chi connectivity index (χ0n) is 11.5. The Morgan fingerprint density at radius 1 is 1.35 bits per heavy atom. The van der Waals surface area contributed by atoms with Gasteiger partial charge in [0, 0.05) is 25.7 Å². The van der Waals surface area contributed by atoms with Crippen molar-refractivity contribution in [2.75, 3.05) is 25.4 Å². The van der Waals surface area contributed by atoms with Crippen LogP contribution in [-0.4, -0.2) is 44.7 Å². The predicted octanol–water partition coefficient (Wildman–Crippen LogP) is 0.611. The molecule has 1 saturated heterocycles. The van der Waals surface area contributed by atoms with Gasteiger partial charge >= 0.3 is 0 Å². The Morgan fingerprint density at radius 3 is 2.50 bits per heavy atom. The van der Waals surface area contributed by atoms with Crippen LogP contribution in [0, 0.1) is 17.2 Å². The summed E-state index contributed by atoms with van der Waals surface area (Å²) in [6, 6.07) is 8.15. The SMILES string of the molecule is CC1CN(CCS(=O)(=O)c2ccc(C#N)cc2)CC1N. The topological polar surface area (TPSA) is 87.2 Å². The molecule has 0 spiro atoms. The third-order valence-corrected chi connectivity index (χ3v) is 5.48. The molecule has 1 aliphatic rings. The lowest BCUT2D eigenvalue weighted by Crippen LogP contribution is -2.31. The minimum atomic E-state index is -3.30. The fourth-order valence-electron chi connectivity index (χ4n) is 2.38. The van der Waals surface area contributed by atoms with Crippen molar-refractivity contribution in [2.45, 2.75) is 17.9 Å². The number of hydrogen-bond acceptors (Lipinski definition) is 5. The first kappa shape index (κ1) is 15.0. The summed E-state index contributed by atoms with van der Waals surface area (Å²) in [5, 5.41) is 8.71. The molecule has 1 heterocycles. The molecule has 2 unspecified atom stereocenters. The molecule has 5 nitrogen and oxygen atoms in total. The van der Waals surface area contributed by atoms with Crippen LogP contribution >= 0.6 is 0 Å². The van der Waals surface area contributed by atoms with Crippen molar-refractivity contribution < 1.29 is 8.42 Å². The van der Waals surface area contributed by atoms with E-state index in [0.29, 0.717) is 18.0 Å². The summed E-state index contributed by atoms with van der Waals surface area (Å²) in [7, 11) is -3.30. The Hall–Kier alpha value is -1.42. The Labute approximate surface area is 119 Å². The lowest BCUT2D eigenvalue weighted by Gasteiger charge is -2.15. The van der Waals surface area contributed by atoms with E-state index < -0.39 is 9.84 Å². The van der Waals surface area contributed by atoms with E-state index in [0.717, 1.165) is 13.1 Å². The van der Waals surface area contributed by atoms with E-state index in [1.165, 1.54) is 24.3 Å². The standard InChI is InChI=1S/C14H19N3O2S/c1-11-9-17(10-14(11)16)6-7-20(18,19)13-4-2-12(8-15)3-5-13/h2-5,11,14H,6-7,9-10,16H2,1H3. The first-order chi connectivity index (χ1) is 9.42. The number of nitriles is 1. The molecule has 6 heteroatoms. The fraction of sp³-hybridized carbons (Fsp3) is 0.500. The molecule has 0 aliphatic carbocycles. The maximum Gasteiger partial charge on any atom is 0.179 e. The van der Waals surface area contributed by atoms with Crippen LogP contribution in [0.25, 0.3) is 0 Å². The summed E-state index contributed by atoms with van der Waals surface area (Å²) in [6.45, 7) is 4.19. The number of hydrogen-bond donors (Lipinski definition) is 1. The van der Waals surface area contributed by atoms with Gasteiger partial charge < -0.3 is 10.6 Å². The molecule has 2 atom stereocenters. The number of benzene rings is 1. The molecule has 108 valence electrons. The van der Waals surface area contributed by atoms with Crippen LogP contribution < -0.4 is 5.73 Å². The average molecular weight is 293 g/mol. The third kappa shape index (κ3) is 3.37. The second-order valence-corrected chi connectivity index (χ2v) is 7.46. The lowest BCUT2D eigenvalue weighted by atomic mass is 10.1. The predicted molar refractivity (Wildman–Crippen MR) is 76.8 cm³/mol. The molecular formula is C14H19N3O2S. The molecule has 2 rings (SSSR count). The quantitative estimate of drug-likeness (QED) is 0.879. The highest BCUT2D eigenvalue weighted by atomic mass is 32.2. The second-order valence-electron chi connectivity index (χ2n) is 5.36. The van der Waals surface area contributed by atoms with Crippen LogP contribution in [-0.2, 0) is 9.84 Å². The van der Waals surface area contributed by atoms with Gasteiger partial charge in [-0.15, -0.1) is 0 Å². The van der Waals surface area contributed by atoms with Gasteiger partial charge in [-0.1, -0.05) is 6.92 Å². The van der Waals surface area contributed by atoms with Gasteiger partial charge in [0.2, 0.25) is 0 Å². The van der Waals surface area contributed by atoms with Crippen LogP contribution in [0.3, 0.4) is 0 Å². The number of nitrogens with zero attached hydrogens (tertiary/aromatic N) is 2. The number of likely N-dealkylation sites (tertiary alicyclic amines) is 1. The molecule has 0 bridgehead atoms. The van der Waals surface area contributed by atoms with Crippen LogP contribution in [0.2, 0.25) is 0 Å². The van der Waals surface area contributed by atoms with Gasteiger partial charge in [0.1, 0.15) is 0 Å². The van der Waals surface area contributed by atoms with Gasteiger partial charge in [-0.05, 0) is 30.2 Å². The van der Waals surface area contributed by atoms with Crippen LogP contribution in [0.15, 0.2) is 29.2 Å². The molecule has 0 aromatic heterocycles. The highest BCUT2D eigenvalue weighted by Gasteiger charge is 2.27. The molecule has 1 aromatic rings. The number of rotatable bonds is 4. The van der Waals surface area contributed by atoms with Crippen LogP contribution in [0.5, 0.6) is 0 Å². The van der Waals surface area contributed by atoms with Gasteiger partial charge in [0.15, 0.2) is 9.84 Å². The van der Waals surface area contributed by atoms with Gasteiger partial charge in [-0.3, -0.25) is 0 Å². The summed E-state index contributed by atoms with van der Waals surface area (Å²) >= 11 is 0. The lowest BCUT2D eigenvalue weighted by molar-refractivity contribution is 0.345. The summed E-state index contributed by atoms with van der Waals surface area (Å²) in [4.78, 5) is 2.37.